The zero-order chi connectivity index (χ0) is 21.3. The Bertz CT molecular complexity index is 1040. The second kappa shape index (κ2) is 9.67. The number of amides is 1. The third kappa shape index (κ3) is 4.89. The van der Waals surface area contributed by atoms with Crippen LogP contribution in [0.25, 0.3) is 11.6 Å². The van der Waals surface area contributed by atoms with Crippen LogP contribution in [-0.4, -0.2) is 63.1 Å². The number of hydrogen-bond acceptors (Lipinski definition) is 11. The molecule has 0 fully saturated rings. The number of nitrogens with zero attached hydrogens (tertiary/aromatic N) is 9. The maximum atomic E-state index is 11.0. The highest BCUT2D eigenvalue weighted by molar-refractivity contribution is 5.84. The van der Waals surface area contributed by atoms with Gasteiger partial charge in [-0.05, 0) is 24.3 Å². The summed E-state index contributed by atoms with van der Waals surface area (Å²) in [5.41, 5.74) is 2.72. The molecule has 14 heteroatoms. The van der Waals surface area contributed by atoms with E-state index >= 15 is 0 Å². The van der Waals surface area contributed by atoms with Crippen molar-refractivity contribution in [1.29, 1.82) is 0 Å². The van der Waals surface area contributed by atoms with E-state index in [4.69, 9.17) is 5.21 Å². The van der Waals surface area contributed by atoms with Crippen LogP contribution in [0.4, 0.5) is 16.2 Å². The molecule has 4 heterocycles. The number of anilines is 2. The molecule has 0 unspecified atom stereocenters. The number of aromatic nitrogens is 8. The molecule has 154 valence electrons. The van der Waals surface area contributed by atoms with Crippen molar-refractivity contribution in [2.75, 3.05) is 17.7 Å². The van der Waals surface area contributed by atoms with Crippen LogP contribution < -0.4 is 10.5 Å². The van der Waals surface area contributed by atoms with E-state index in [1.54, 1.807) is 24.5 Å². The van der Waals surface area contributed by atoms with Gasteiger partial charge in [0.15, 0.2) is 11.6 Å². The second-order valence-electron chi connectivity index (χ2n) is 5.35. The fourth-order valence-corrected chi connectivity index (χ4v) is 2.07. The van der Waals surface area contributed by atoms with Gasteiger partial charge in [-0.15, -0.1) is 0 Å². The summed E-state index contributed by atoms with van der Waals surface area (Å²) in [6.45, 7) is 0. The van der Waals surface area contributed by atoms with E-state index in [0.29, 0.717) is 22.4 Å². The van der Waals surface area contributed by atoms with Gasteiger partial charge in [-0.1, -0.05) is 0 Å². The van der Waals surface area contributed by atoms with Crippen LogP contribution in [0.15, 0.2) is 62.0 Å². The Hall–Kier alpha value is -4.43. The number of hydrogen-bond donors (Lipinski definition) is 3. The third-order valence-corrected chi connectivity index (χ3v) is 3.51. The van der Waals surface area contributed by atoms with Gasteiger partial charge in [-0.2, -0.15) is 15.3 Å². The molecule has 4 rings (SSSR count). The fraction of sp³-hybridized carbons (Fsp3) is 0.0625. The van der Waals surface area contributed by atoms with Crippen LogP contribution >= 0.6 is 0 Å². The molecule has 0 bridgehead atoms. The summed E-state index contributed by atoms with van der Waals surface area (Å²) in [5.74, 6) is 1.17. The standard InChI is InChI=1S/C9H9N5O3.C7H7N5O/c1-17-9(15)14(16)7-2-3-8(11-4-7)13-6-10-5-12-13;13-11-6-1-2-7(9-3-6)12-5-8-4-10-12/h2-6,16H,1H3;1-5,11,13H. The van der Waals surface area contributed by atoms with Crippen LogP contribution in [0, 0.1) is 0 Å². The molecule has 0 radical (unpaired) electrons. The molecule has 14 nitrogen and oxygen atoms in total. The minimum Gasteiger partial charge on any atom is -0.451 e. The highest BCUT2D eigenvalue weighted by Crippen LogP contribution is 2.13. The molecule has 0 aromatic carbocycles. The highest BCUT2D eigenvalue weighted by Gasteiger charge is 2.13. The van der Waals surface area contributed by atoms with Crippen molar-refractivity contribution in [2.45, 2.75) is 0 Å². The molecular weight excluding hydrogens is 396 g/mol. The number of hydroxylamine groups is 1. The highest BCUT2D eigenvalue weighted by atomic mass is 16.6. The summed E-state index contributed by atoms with van der Waals surface area (Å²) in [6, 6.07) is 6.48. The minimum atomic E-state index is -0.889. The van der Waals surface area contributed by atoms with Crippen molar-refractivity contribution in [3.8, 4) is 11.6 Å². The van der Waals surface area contributed by atoms with Crippen LogP contribution in [-0.2, 0) is 4.74 Å². The Kier molecular flexibility index (Phi) is 6.55. The first-order valence-electron chi connectivity index (χ1n) is 8.21. The topological polar surface area (TPSA) is 169 Å². The zero-order valence-corrected chi connectivity index (χ0v) is 15.5. The molecule has 0 aliphatic rings. The molecule has 0 aliphatic heterocycles. The summed E-state index contributed by atoms with van der Waals surface area (Å²) < 4.78 is 7.33. The lowest BCUT2D eigenvalue weighted by Crippen LogP contribution is -2.26. The van der Waals surface area contributed by atoms with Crippen molar-refractivity contribution >= 4 is 17.5 Å². The van der Waals surface area contributed by atoms with E-state index in [9.17, 15) is 10.0 Å². The Morgan fingerprint density at radius 1 is 1.00 bits per heavy atom. The van der Waals surface area contributed by atoms with Crippen molar-refractivity contribution in [2.24, 2.45) is 0 Å². The predicted molar refractivity (Wildman–Crippen MR) is 100 cm³/mol. The summed E-state index contributed by atoms with van der Waals surface area (Å²) in [7, 11) is 1.17. The first-order valence-corrected chi connectivity index (χ1v) is 8.21. The number of carbonyl (C=O) groups is 1. The summed E-state index contributed by atoms with van der Waals surface area (Å²) in [4.78, 5) is 26.6. The Labute approximate surface area is 169 Å². The smallest absolute Gasteiger partial charge is 0.438 e. The average Bonchev–Trinajstić information content (AvgIpc) is 3.53. The maximum absolute atomic E-state index is 11.0. The number of nitrogens with one attached hydrogen (secondary N) is 1. The second-order valence-corrected chi connectivity index (χ2v) is 5.35. The Morgan fingerprint density at radius 2 is 1.60 bits per heavy atom. The lowest BCUT2D eigenvalue weighted by atomic mass is 10.4. The van der Waals surface area contributed by atoms with E-state index in [0.717, 1.165) is 0 Å². The molecule has 1 amide bonds. The zero-order valence-electron chi connectivity index (χ0n) is 15.5. The van der Waals surface area contributed by atoms with Gasteiger partial charge in [0.2, 0.25) is 0 Å². The number of pyridine rings is 2. The molecule has 0 spiro atoms. The number of ether oxygens (including phenoxy) is 1. The van der Waals surface area contributed by atoms with E-state index in [1.807, 2.05) is 5.48 Å². The number of rotatable bonds is 4. The van der Waals surface area contributed by atoms with Crippen LogP contribution in [0.1, 0.15) is 0 Å². The van der Waals surface area contributed by atoms with E-state index < -0.39 is 6.09 Å². The molecule has 3 N–H and O–H groups in total. The van der Waals surface area contributed by atoms with Crippen molar-refractivity contribution in [1.82, 2.24) is 39.5 Å². The minimum absolute atomic E-state index is 0.195. The third-order valence-electron chi connectivity index (χ3n) is 3.51. The lowest BCUT2D eigenvalue weighted by Gasteiger charge is -2.12. The Morgan fingerprint density at radius 3 is 2.00 bits per heavy atom. The number of methoxy groups -OCH3 is 1. The number of carbonyl (C=O) groups excluding carboxylic acids is 1. The fourth-order valence-electron chi connectivity index (χ4n) is 2.07. The van der Waals surface area contributed by atoms with Crippen LogP contribution in [0.2, 0.25) is 0 Å². The first-order chi connectivity index (χ1) is 14.6. The lowest BCUT2D eigenvalue weighted by molar-refractivity contribution is 0.141. The van der Waals surface area contributed by atoms with Gasteiger partial charge < -0.3 is 4.74 Å². The molecule has 4 aromatic heterocycles. The normalized spacial score (nSPS) is 9.97. The van der Waals surface area contributed by atoms with Crippen molar-refractivity contribution in [3.05, 3.63) is 62.0 Å². The van der Waals surface area contributed by atoms with E-state index in [1.165, 1.54) is 53.9 Å². The van der Waals surface area contributed by atoms with Gasteiger partial charge in [0.25, 0.3) is 0 Å². The van der Waals surface area contributed by atoms with Gasteiger partial charge in [-0.3, -0.25) is 15.9 Å². The quantitative estimate of drug-likeness (QED) is 0.324. The van der Waals surface area contributed by atoms with Crippen LogP contribution in [0.5, 0.6) is 0 Å². The van der Waals surface area contributed by atoms with Gasteiger partial charge in [-0.25, -0.2) is 34.1 Å². The van der Waals surface area contributed by atoms with E-state index in [2.05, 4.69) is 34.9 Å². The molecule has 0 aliphatic carbocycles. The molecule has 30 heavy (non-hydrogen) atoms. The first kappa shape index (κ1) is 20.3. The largest absolute Gasteiger partial charge is 0.451 e. The summed E-state index contributed by atoms with van der Waals surface area (Å²) in [5, 5.41) is 26.1. The van der Waals surface area contributed by atoms with Gasteiger partial charge in [0.1, 0.15) is 25.3 Å². The Balaban J connectivity index is 0.000000177. The van der Waals surface area contributed by atoms with Gasteiger partial charge >= 0.3 is 6.09 Å². The molecule has 0 saturated heterocycles. The van der Waals surface area contributed by atoms with Gasteiger partial charge in [0, 0.05) is 0 Å². The predicted octanol–water partition coefficient (Wildman–Crippen LogP) is 1.09. The van der Waals surface area contributed by atoms with E-state index in [-0.39, 0.29) is 5.69 Å². The van der Waals surface area contributed by atoms with Gasteiger partial charge in [0.05, 0.1) is 30.9 Å². The molecule has 4 aromatic rings. The maximum Gasteiger partial charge on any atom is 0.438 e. The monoisotopic (exact) mass is 412 g/mol. The molecular formula is C16H16N10O4. The molecule has 0 atom stereocenters. The van der Waals surface area contributed by atoms with Crippen molar-refractivity contribution in [3.63, 3.8) is 0 Å². The van der Waals surface area contributed by atoms with Crippen molar-refractivity contribution < 1.29 is 19.9 Å². The summed E-state index contributed by atoms with van der Waals surface area (Å²) >= 11 is 0. The summed E-state index contributed by atoms with van der Waals surface area (Å²) in [6.07, 6.45) is 7.76. The SMILES string of the molecule is COC(=O)N(O)c1ccc(-n2cncn2)nc1.ONc1ccc(-n2cncn2)nc1. The average molecular weight is 412 g/mol. The molecule has 0 saturated carbocycles. The van der Waals surface area contributed by atoms with Crippen LogP contribution in [0.3, 0.4) is 0 Å².